The highest BCUT2D eigenvalue weighted by Gasteiger charge is 2.33. The molecule has 5 rings (SSSR count). The molecule has 2 aromatic carbocycles. The first-order chi connectivity index (χ1) is 15.6. The van der Waals surface area contributed by atoms with Crippen molar-refractivity contribution in [3.05, 3.63) is 41.5 Å². The quantitative estimate of drug-likeness (QED) is 0.711. The second-order valence-corrected chi connectivity index (χ2v) is 7.93. The van der Waals surface area contributed by atoms with Crippen LogP contribution in [0, 0.1) is 0 Å². The Morgan fingerprint density at radius 2 is 1.72 bits per heavy atom. The van der Waals surface area contributed by atoms with Crippen LogP contribution in [0.5, 0.6) is 23.0 Å². The first-order valence-electron chi connectivity index (χ1n) is 10.5. The fourth-order valence-electron chi connectivity index (χ4n) is 4.38. The van der Waals surface area contributed by atoms with Crippen molar-refractivity contribution < 1.29 is 28.5 Å². The largest absolute Gasteiger partial charge is 0.493 e. The highest BCUT2D eigenvalue weighted by atomic mass is 16.7. The summed E-state index contributed by atoms with van der Waals surface area (Å²) >= 11 is 0. The number of carbonyl (C=O) groups is 2. The van der Waals surface area contributed by atoms with Gasteiger partial charge < -0.3 is 28.7 Å². The predicted molar refractivity (Wildman–Crippen MR) is 116 cm³/mol. The van der Waals surface area contributed by atoms with Gasteiger partial charge in [0.25, 0.3) is 0 Å². The lowest BCUT2D eigenvalue weighted by Crippen LogP contribution is -2.44. The van der Waals surface area contributed by atoms with Crippen LogP contribution in [0.25, 0.3) is 0 Å². The van der Waals surface area contributed by atoms with Gasteiger partial charge in [0.2, 0.25) is 12.7 Å². The van der Waals surface area contributed by atoms with Crippen LogP contribution in [-0.4, -0.2) is 68.9 Å². The van der Waals surface area contributed by atoms with Gasteiger partial charge in [-0.15, -0.1) is 0 Å². The molecule has 3 heterocycles. The van der Waals surface area contributed by atoms with Gasteiger partial charge in [-0.2, -0.15) is 0 Å². The Balaban J connectivity index is 1.24. The molecule has 0 atom stereocenters. The normalized spacial score (nSPS) is 16.9. The van der Waals surface area contributed by atoms with Gasteiger partial charge in [-0.1, -0.05) is 0 Å². The van der Waals surface area contributed by atoms with E-state index in [4.69, 9.17) is 18.9 Å². The van der Waals surface area contributed by atoms with Gasteiger partial charge in [0, 0.05) is 37.9 Å². The van der Waals surface area contributed by atoms with Crippen LogP contribution in [0.4, 0.5) is 10.5 Å². The molecule has 0 aliphatic carbocycles. The van der Waals surface area contributed by atoms with Crippen molar-refractivity contribution in [3.63, 3.8) is 0 Å². The second-order valence-electron chi connectivity index (χ2n) is 7.93. The van der Waals surface area contributed by atoms with Crippen LogP contribution in [0.3, 0.4) is 0 Å². The fourth-order valence-corrected chi connectivity index (χ4v) is 4.38. The Hall–Kier alpha value is -3.62. The number of ether oxygens (including phenoxy) is 4. The summed E-state index contributed by atoms with van der Waals surface area (Å²) in [7, 11) is 3.21. The molecule has 3 amide bonds. The number of anilines is 1. The average Bonchev–Trinajstić information content (AvgIpc) is 3.43. The minimum atomic E-state index is -0.180. The molecule has 0 spiro atoms. The van der Waals surface area contributed by atoms with Gasteiger partial charge in [0.15, 0.2) is 23.0 Å². The maximum Gasteiger partial charge on any atom is 0.325 e. The lowest BCUT2D eigenvalue weighted by atomic mass is 9.98. The highest BCUT2D eigenvalue weighted by molar-refractivity contribution is 5.96. The molecule has 1 saturated heterocycles. The number of amides is 3. The molecule has 32 heavy (non-hydrogen) atoms. The van der Waals surface area contributed by atoms with Crippen molar-refractivity contribution in [1.82, 2.24) is 9.80 Å². The molecule has 0 N–H and O–H groups in total. The van der Waals surface area contributed by atoms with E-state index >= 15 is 0 Å². The molecule has 2 aromatic rings. The number of methoxy groups -OCH3 is 2. The summed E-state index contributed by atoms with van der Waals surface area (Å²) in [6, 6.07) is 9.15. The molecule has 0 bridgehead atoms. The van der Waals surface area contributed by atoms with E-state index in [1.54, 1.807) is 41.1 Å². The lowest BCUT2D eigenvalue weighted by Gasteiger charge is -2.31. The van der Waals surface area contributed by atoms with Gasteiger partial charge in [0.1, 0.15) is 6.54 Å². The topological polar surface area (TPSA) is 80.8 Å². The van der Waals surface area contributed by atoms with Gasteiger partial charge in [-0.05, 0) is 41.8 Å². The molecule has 0 radical (unpaired) electrons. The van der Waals surface area contributed by atoms with Crippen molar-refractivity contribution in [2.75, 3.05) is 52.1 Å². The van der Waals surface area contributed by atoms with E-state index < -0.39 is 0 Å². The minimum absolute atomic E-state index is 0.0580. The van der Waals surface area contributed by atoms with Gasteiger partial charge in [-0.3, -0.25) is 9.69 Å². The molecule has 0 aromatic heterocycles. The standard InChI is InChI=1S/C23H25N3O6/c1-29-19-9-15-5-6-24(12-16(15)10-20(19)30-2)22(27)13-25-7-8-26(23(25)28)17-3-4-18-21(11-17)32-14-31-18/h3-4,9-11H,5-8,12-14H2,1-2H3. The maximum atomic E-state index is 13.0. The van der Waals surface area contributed by atoms with E-state index in [-0.39, 0.29) is 25.3 Å². The van der Waals surface area contributed by atoms with E-state index in [1.165, 1.54) is 0 Å². The van der Waals surface area contributed by atoms with Gasteiger partial charge in [0.05, 0.1) is 14.2 Å². The third-order valence-electron chi connectivity index (χ3n) is 6.16. The Morgan fingerprint density at radius 1 is 0.969 bits per heavy atom. The molecule has 9 nitrogen and oxygen atoms in total. The van der Waals surface area contributed by atoms with E-state index in [2.05, 4.69) is 0 Å². The smallest absolute Gasteiger partial charge is 0.325 e. The number of hydrogen-bond donors (Lipinski definition) is 0. The first-order valence-corrected chi connectivity index (χ1v) is 10.5. The van der Waals surface area contributed by atoms with E-state index in [0.717, 1.165) is 23.2 Å². The van der Waals surface area contributed by atoms with Crippen LogP contribution in [0.1, 0.15) is 11.1 Å². The van der Waals surface area contributed by atoms with Crippen molar-refractivity contribution >= 4 is 17.6 Å². The summed E-state index contributed by atoms with van der Waals surface area (Å²) in [5.41, 5.74) is 2.93. The van der Waals surface area contributed by atoms with Crippen LogP contribution in [0.2, 0.25) is 0 Å². The van der Waals surface area contributed by atoms with Crippen molar-refractivity contribution in [1.29, 1.82) is 0 Å². The van der Waals surface area contributed by atoms with Gasteiger partial charge >= 0.3 is 6.03 Å². The summed E-state index contributed by atoms with van der Waals surface area (Å²) in [6.45, 7) is 2.35. The zero-order valence-electron chi connectivity index (χ0n) is 18.1. The predicted octanol–water partition coefficient (Wildman–Crippen LogP) is 2.26. The summed E-state index contributed by atoms with van der Waals surface area (Å²) in [6.07, 6.45) is 0.735. The summed E-state index contributed by atoms with van der Waals surface area (Å²) in [5.74, 6) is 2.58. The zero-order valence-corrected chi connectivity index (χ0v) is 18.1. The third kappa shape index (κ3) is 3.53. The molecule has 0 unspecified atom stereocenters. The Kier molecular flexibility index (Phi) is 5.16. The Morgan fingerprint density at radius 3 is 2.50 bits per heavy atom. The molecular formula is C23H25N3O6. The summed E-state index contributed by atoms with van der Waals surface area (Å²) in [5, 5.41) is 0. The molecule has 168 valence electrons. The average molecular weight is 439 g/mol. The van der Waals surface area contributed by atoms with Gasteiger partial charge in [-0.25, -0.2) is 4.79 Å². The Labute approximate surface area is 186 Å². The highest BCUT2D eigenvalue weighted by Crippen LogP contribution is 2.36. The number of rotatable bonds is 5. The van der Waals surface area contributed by atoms with Crippen LogP contribution in [0.15, 0.2) is 30.3 Å². The van der Waals surface area contributed by atoms with Crippen molar-refractivity contribution in [3.8, 4) is 23.0 Å². The minimum Gasteiger partial charge on any atom is -0.493 e. The number of urea groups is 1. The SMILES string of the molecule is COc1cc2c(cc1OC)CN(C(=O)CN1CCN(c3ccc4c(c3)OCO4)C1=O)CC2. The summed E-state index contributed by atoms with van der Waals surface area (Å²) in [4.78, 5) is 31.0. The van der Waals surface area contributed by atoms with Crippen molar-refractivity contribution in [2.45, 2.75) is 13.0 Å². The molecule has 0 saturated carbocycles. The fraction of sp³-hybridized carbons (Fsp3) is 0.391. The van der Waals surface area contributed by atoms with Crippen LogP contribution in [-0.2, 0) is 17.8 Å². The second kappa shape index (κ2) is 8.14. The van der Waals surface area contributed by atoms with E-state index in [0.29, 0.717) is 49.2 Å². The summed E-state index contributed by atoms with van der Waals surface area (Å²) < 4.78 is 21.5. The number of hydrogen-bond acceptors (Lipinski definition) is 6. The molecule has 1 fully saturated rings. The zero-order chi connectivity index (χ0) is 22.2. The Bertz CT molecular complexity index is 1070. The third-order valence-corrected chi connectivity index (χ3v) is 6.16. The molecule has 3 aliphatic heterocycles. The molecule has 3 aliphatic rings. The monoisotopic (exact) mass is 439 g/mol. The van der Waals surface area contributed by atoms with E-state index in [1.807, 2.05) is 18.2 Å². The van der Waals surface area contributed by atoms with Crippen molar-refractivity contribution in [2.24, 2.45) is 0 Å². The van der Waals surface area contributed by atoms with Crippen LogP contribution < -0.4 is 23.8 Å². The first kappa shape index (κ1) is 20.3. The number of carbonyl (C=O) groups excluding carboxylic acids is 2. The molecule has 9 heteroatoms. The molecular weight excluding hydrogens is 414 g/mol. The van der Waals surface area contributed by atoms with Crippen LogP contribution >= 0.6 is 0 Å². The van der Waals surface area contributed by atoms with E-state index in [9.17, 15) is 9.59 Å². The number of benzene rings is 2. The number of fused-ring (bicyclic) bond motifs is 2. The maximum absolute atomic E-state index is 13.0. The number of nitrogens with zero attached hydrogens (tertiary/aromatic N) is 3. The lowest BCUT2D eigenvalue weighted by molar-refractivity contribution is -0.132.